The molecule has 1 N–H and O–H groups in total. The van der Waals surface area contributed by atoms with E-state index in [0.29, 0.717) is 18.8 Å². The zero-order valence-corrected chi connectivity index (χ0v) is 12.4. The van der Waals surface area contributed by atoms with E-state index in [4.69, 9.17) is 4.74 Å². The van der Waals surface area contributed by atoms with Gasteiger partial charge < -0.3 is 9.64 Å². The lowest BCUT2D eigenvalue weighted by Crippen LogP contribution is -2.34. The van der Waals surface area contributed by atoms with Gasteiger partial charge in [-0.2, -0.15) is 0 Å². The van der Waals surface area contributed by atoms with Gasteiger partial charge >= 0.3 is 0 Å². The average molecular weight is 287 g/mol. The Morgan fingerprint density at radius 1 is 1.37 bits per heavy atom. The SMILES string of the molecule is CCN(CC)CCNS(=O)(=O)c1cnccc1OC. The Balaban J connectivity index is 2.71. The van der Waals surface area contributed by atoms with Gasteiger partial charge in [-0.15, -0.1) is 0 Å². The molecular weight excluding hydrogens is 266 g/mol. The van der Waals surface area contributed by atoms with Crippen molar-refractivity contribution in [1.29, 1.82) is 0 Å². The third kappa shape index (κ3) is 4.45. The first kappa shape index (κ1) is 15.9. The van der Waals surface area contributed by atoms with Crippen LogP contribution in [0.1, 0.15) is 13.8 Å². The second-order valence-corrected chi connectivity index (χ2v) is 5.69. The van der Waals surface area contributed by atoms with Crippen molar-refractivity contribution < 1.29 is 13.2 Å². The van der Waals surface area contributed by atoms with Crippen molar-refractivity contribution in [3.8, 4) is 5.75 Å². The standard InChI is InChI=1S/C12H21N3O3S/c1-4-15(5-2)9-8-14-19(16,17)12-10-13-7-6-11(12)18-3/h6-7,10,14H,4-5,8-9H2,1-3H3. The molecule has 0 amide bonds. The molecule has 0 fully saturated rings. The highest BCUT2D eigenvalue weighted by atomic mass is 32.2. The number of likely N-dealkylation sites (N-methyl/N-ethyl adjacent to an activating group) is 1. The van der Waals surface area contributed by atoms with Crippen LogP contribution in [0.5, 0.6) is 5.75 Å². The fraction of sp³-hybridized carbons (Fsp3) is 0.583. The monoisotopic (exact) mass is 287 g/mol. The molecule has 7 heteroatoms. The van der Waals surface area contributed by atoms with Gasteiger partial charge in [-0.05, 0) is 19.2 Å². The number of aromatic nitrogens is 1. The maximum absolute atomic E-state index is 12.1. The minimum absolute atomic E-state index is 0.0667. The Morgan fingerprint density at radius 3 is 2.63 bits per heavy atom. The maximum Gasteiger partial charge on any atom is 0.245 e. The summed E-state index contributed by atoms with van der Waals surface area (Å²) >= 11 is 0. The van der Waals surface area contributed by atoms with Gasteiger partial charge in [0, 0.05) is 19.3 Å². The van der Waals surface area contributed by atoms with E-state index in [1.165, 1.54) is 25.6 Å². The molecule has 0 unspecified atom stereocenters. The number of rotatable bonds is 8. The topological polar surface area (TPSA) is 71.5 Å². The minimum atomic E-state index is -3.58. The zero-order valence-electron chi connectivity index (χ0n) is 11.6. The predicted molar refractivity (Wildman–Crippen MR) is 73.8 cm³/mol. The van der Waals surface area contributed by atoms with E-state index in [1.807, 2.05) is 13.8 Å². The lowest BCUT2D eigenvalue weighted by atomic mass is 10.4. The van der Waals surface area contributed by atoms with Crippen LogP contribution in [-0.4, -0.2) is 51.6 Å². The van der Waals surface area contributed by atoms with Gasteiger partial charge in [0.15, 0.2) is 0 Å². The highest BCUT2D eigenvalue weighted by molar-refractivity contribution is 7.89. The van der Waals surface area contributed by atoms with Crippen molar-refractivity contribution >= 4 is 10.0 Å². The first-order chi connectivity index (χ1) is 9.05. The summed E-state index contributed by atoms with van der Waals surface area (Å²) in [4.78, 5) is 6.03. The Bertz CT molecular complexity index is 487. The van der Waals surface area contributed by atoms with Crippen LogP contribution in [0, 0.1) is 0 Å². The van der Waals surface area contributed by atoms with Gasteiger partial charge in [0.25, 0.3) is 0 Å². The van der Waals surface area contributed by atoms with E-state index in [0.717, 1.165) is 13.1 Å². The molecule has 0 atom stereocenters. The van der Waals surface area contributed by atoms with Crippen molar-refractivity contribution in [2.75, 3.05) is 33.3 Å². The summed E-state index contributed by atoms with van der Waals surface area (Å²) < 4.78 is 31.8. The molecule has 1 heterocycles. The van der Waals surface area contributed by atoms with Crippen molar-refractivity contribution in [3.05, 3.63) is 18.5 Å². The molecule has 6 nitrogen and oxygen atoms in total. The number of pyridine rings is 1. The van der Waals surface area contributed by atoms with Gasteiger partial charge in [0.2, 0.25) is 10.0 Å². The quantitative estimate of drug-likeness (QED) is 0.762. The van der Waals surface area contributed by atoms with E-state index in [9.17, 15) is 8.42 Å². The molecule has 0 aliphatic carbocycles. The van der Waals surface area contributed by atoms with Gasteiger partial charge in [0.1, 0.15) is 10.6 Å². The number of nitrogens with one attached hydrogen (secondary N) is 1. The molecule has 19 heavy (non-hydrogen) atoms. The van der Waals surface area contributed by atoms with Gasteiger partial charge in [-0.25, -0.2) is 13.1 Å². The molecular formula is C12H21N3O3S. The molecule has 0 radical (unpaired) electrons. The summed E-state index contributed by atoms with van der Waals surface area (Å²) in [5, 5.41) is 0. The molecule has 0 saturated carbocycles. The fourth-order valence-corrected chi connectivity index (χ4v) is 2.82. The second-order valence-electron chi connectivity index (χ2n) is 3.95. The number of hydrogen-bond donors (Lipinski definition) is 1. The average Bonchev–Trinajstić information content (AvgIpc) is 2.43. The number of sulfonamides is 1. The van der Waals surface area contributed by atoms with Crippen molar-refractivity contribution in [2.24, 2.45) is 0 Å². The molecule has 1 aromatic heterocycles. The first-order valence-electron chi connectivity index (χ1n) is 6.25. The Labute approximate surface area is 114 Å². The number of ether oxygens (including phenoxy) is 1. The van der Waals surface area contributed by atoms with Crippen LogP contribution >= 0.6 is 0 Å². The van der Waals surface area contributed by atoms with Gasteiger partial charge in [-0.3, -0.25) is 4.98 Å². The molecule has 108 valence electrons. The summed E-state index contributed by atoms with van der Waals surface area (Å²) in [6, 6.07) is 1.53. The van der Waals surface area contributed by atoms with Crippen LogP contribution in [-0.2, 0) is 10.0 Å². The summed E-state index contributed by atoms with van der Waals surface area (Å²) in [6.07, 6.45) is 2.78. The third-order valence-corrected chi connectivity index (χ3v) is 4.34. The molecule has 0 bridgehead atoms. The smallest absolute Gasteiger partial charge is 0.245 e. The first-order valence-corrected chi connectivity index (χ1v) is 7.73. The Morgan fingerprint density at radius 2 is 2.05 bits per heavy atom. The minimum Gasteiger partial charge on any atom is -0.495 e. The van der Waals surface area contributed by atoms with E-state index in [2.05, 4.69) is 14.6 Å². The fourth-order valence-electron chi connectivity index (χ4n) is 1.69. The van der Waals surface area contributed by atoms with Crippen LogP contribution in [0.3, 0.4) is 0 Å². The van der Waals surface area contributed by atoms with Gasteiger partial charge in [0.05, 0.1) is 13.3 Å². The second kappa shape index (κ2) is 7.42. The molecule has 0 aliphatic heterocycles. The summed E-state index contributed by atoms with van der Waals surface area (Å²) in [6.45, 7) is 6.92. The molecule has 0 saturated heterocycles. The highest BCUT2D eigenvalue weighted by Crippen LogP contribution is 2.20. The number of hydrogen-bond acceptors (Lipinski definition) is 5. The third-order valence-electron chi connectivity index (χ3n) is 2.87. The van der Waals surface area contributed by atoms with Crippen LogP contribution in [0.25, 0.3) is 0 Å². The lowest BCUT2D eigenvalue weighted by Gasteiger charge is -2.18. The van der Waals surface area contributed by atoms with E-state index in [-0.39, 0.29) is 4.90 Å². The largest absolute Gasteiger partial charge is 0.495 e. The lowest BCUT2D eigenvalue weighted by molar-refractivity contribution is 0.309. The summed E-state index contributed by atoms with van der Waals surface area (Å²) in [7, 11) is -2.14. The van der Waals surface area contributed by atoms with Crippen LogP contribution in [0.2, 0.25) is 0 Å². The summed E-state index contributed by atoms with van der Waals surface area (Å²) in [5.41, 5.74) is 0. The van der Waals surface area contributed by atoms with Crippen LogP contribution in [0.15, 0.2) is 23.4 Å². The molecule has 1 aromatic rings. The Hall–Kier alpha value is -1.18. The van der Waals surface area contributed by atoms with Gasteiger partial charge in [-0.1, -0.05) is 13.8 Å². The molecule has 1 rings (SSSR count). The molecule has 0 aromatic carbocycles. The van der Waals surface area contributed by atoms with Crippen molar-refractivity contribution in [2.45, 2.75) is 18.7 Å². The van der Waals surface area contributed by atoms with Crippen molar-refractivity contribution in [1.82, 2.24) is 14.6 Å². The number of methoxy groups -OCH3 is 1. The van der Waals surface area contributed by atoms with Crippen LogP contribution < -0.4 is 9.46 Å². The van der Waals surface area contributed by atoms with Crippen molar-refractivity contribution in [3.63, 3.8) is 0 Å². The Kier molecular flexibility index (Phi) is 6.20. The maximum atomic E-state index is 12.1. The van der Waals surface area contributed by atoms with E-state index >= 15 is 0 Å². The molecule has 0 spiro atoms. The highest BCUT2D eigenvalue weighted by Gasteiger charge is 2.19. The zero-order chi connectivity index (χ0) is 14.3. The van der Waals surface area contributed by atoms with E-state index < -0.39 is 10.0 Å². The molecule has 0 aliphatic rings. The van der Waals surface area contributed by atoms with Crippen LogP contribution in [0.4, 0.5) is 0 Å². The number of nitrogens with zero attached hydrogens (tertiary/aromatic N) is 2. The van der Waals surface area contributed by atoms with E-state index in [1.54, 1.807) is 0 Å². The summed E-state index contributed by atoms with van der Waals surface area (Å²) in [5.74, 6) is 0.297. The normalized spacial score (nSPS) is 11.8. The predicted octanol–water partition coefficient (Wildman–Crippen LogP) is 0.710.